The van der Waals surface area contributed by atoms with Gasteiger partial charge in [0, 0.05) is 42.0 Å². The second kappa shape index (κ2) is 7.00. The molecule has 1 aromatic heterocycles. The minimum Gasteiger partial charge on any atom is -0.385 e. The van der Waals surface area contributed by atoms with Gasteiger partial charge in [-0.05, 0) is 24.5 Å². The molecule has 138 valence electrons. The largest absolute Gasteiger partial charge is 0.385 e. The van der Waals surface area contributed by atoms with E-state index in [1.165, 1.54) is 6.21 Å². The Hall–Kier alpha value is -2.92. The Balaban J connectivity index is 1.47. The van der Waals surface area contributed by atoms with E-state index in [4.69, 9.17) is 5.41 Å². The maximum Gasteiger partial charge on any atom is 0.242 e. The van der Waals surface area contributed by atoms with Crippen LogP contribution in [0, 0.1) is 5.41 Å². The van der Waals surface area contributed by atoms with Crippen molar-refractivity contribution in [3.05, 3.63) is 71.9 Å². The molecule has 2 aromatic carbocycles. The van der Waals surface area contributed by atoms with Crippen molar-refractivity contribution in [2.45, 2.75) is 25.0 Å². The Bertz CT molecular complexity index is 970. The molecule has 1 fully saturated rings. The molecule has 0 saturated carbocycles. The van der Waals surface area contributed by atoms with Gasteiger partial charge in [-0.3, -0.25) is 4.79 Å². The molecule has 27 heavy (non-hydrogen) atoms. The lowest BCUT2D eigenvalue weighted by molar-refractivity contribution is -0.136. The lowest BCUT2D eigenvalue weighted by Crippen LogP contribution is -2.46. The second-order valence-electron chi connectivity index (χ2n) is 7.15. The molecule has 2 heterocycles. The number of fused-ring (bicyclic) bond motifs is 1. The van der Waals surface area contributed by atoms with E-state index in [-0.39, 0.29) is 12.5 Å². The van der Waals surface area contributed by atoms with Gasteiger partial charge in [0.15, 0.2) is 0 Å². The fourth-order valence-corrected chi connectivity index (χ4v) is 3.93. The molecule has 1 amide bonds. The number of piperidine rings is 1. The molecule has 2 N–H and O–H groups in total. The molecular weight excluding hydrogens is 338 g/mol. The van der Waals surface area contributed by atoms with Gasteiger partial charge in [-0.1, -0.05) is 48.5 Å². The van der Waals surface area contributed by atoms with Crippen LogP contribution in [0.15, 0.2) is 60.8 Å². The number of para-hydroxylation sites is 1. The van der Waals surface area contributed by atoms with Gasteiger partial charge < -0.3 is 20.0 Å². The average molecular weight is 361 g/mol. The summed E-state index contributed by atoms with van der Waals surface area (Å²) in [5.41, 5.74) is 1.84. The van der Waals surface area contributed by atoms with Gasteiger partial charge in [-0.2, -0.15) is 0 Å². The van der Waals surface area contributed by atoms with E-state index in [0.29, 0.717) is 25.9 Å². The van der Waals surface area contributed by atoms with Crippen molar-refractivity contribution in [2.75, 3.05) is 13.1 Å². The molecule has 0 unspecified atom stereocenters. The summed E-state index contributed by atoms with van der Waals surface area (Å²) in [5.74, 6) is 0.0439. The van der Waals surface area contributed by atoms with E-state index in [1.807, 2.05) is 70.3 Å². The summed E-state index contributed by atoms with van der Waals surface area (Å²) in [6.07, 6.45) is 4.27. The summed E-state index contributed by atoms with van der Waals surface area (Å²) >= 11 is 0. The van der Waals surface area contributed by atoms with Crippen molar-refractivity contribution in [1.29, 1.82) is 5.41 Å². The number of aromatic nitrogens is 1. The Morgan fingerprint density at radius 3 is 2.44 bits per heavy atom. The highest BCUT2D eigenvalue weighted by Crippen LogP contribution is 2.32. The van der Waals surface area contributed by atoms with Crippen molar-refractivity contribution in [2.24, 2.45) is 0 Å². The van der Waals surface area contributed by atoms with Crippen LogP contribution in [-0.2, 0) is 16.9 Å². The van der Waals surface area contributed by atoms with Crippen LogP contribution in [0.3, 0.4) is 0 Å². The second-order valence-corrected chi connectivity index (χ2v) is 7.15. The SMILES string of the molecule is N=Cc1cn(CC(=O)N2CCC(O)(c3ccccc3)CC2)c2ccccc12. The zero-order chi connectivity index (χ0) is 18.9. The monoisotopic (exact) mass is 361 g/mol. The van der Waals surface area contributed by atoms with Crippen LogP contribution in [0.25, 0.3) is 10.9 Å². The molecule has 3 aromatic rings. The van der Waals surface area contributed by atoms with Gasteiger partial charge in [0.05, 0.1) is 5.60 Å². The van der Waals surface area contributed by atoms with Gasteiger partial charge in [0.25, 0.3) is 0 Å². The van der Waals surface area contributed by atoms with Crippen molar-refractivity contribution < 1.29 is 9.90 Å². The van der Waals surface area contributed by atoms with Gasteiger partial charge in [-0.25, -0.2) is 0 Å². The first-order valence-corrected chi connectivity index (χ1v) is 9.25. The summed E-state index contributed by atoms with van der Waals surface area (Å²) in [4.78, 5) is 14.7. The van der Waals surface area contributed by atoms with E-state index in [0.717, 1.165) is 22.0 Å². The van der Waals surface area contributed by atoms with Gasteiger partial charge in [0.1, 0.15) is 6.54 Å². The molecule has 5 heteroatoms. The number of aliphatic hydroxyl groups is 1. The molecule has 0 atom stereocenters. The number of nitrogens with zero attached hydrogens (tertiary/aromatic N) is 2. The van der Waals surface area contributed by atoms with Crippen molar-refractivity contribution in [3.8, 4) is 0 Å². The zero-order valence-electron chi connectivity index (χ0n) is 15.1. The van der Waals surface area contributed by atoms with E-state index >= 15 is 0 Å². The number of hydrogen-bond acceptors (Lipinski definition) is 3. The highest BCUT2D eigenvalue weighted by atomic mass is 16.3. The Morgan fingerprint density at radius 1 is 1.07 bits per heavy atom. The molecule has 4 rings (SSSR count). The van der Waals surface area contributed by atoms with Crippen LogP contribution in [0.4, 0.5) is 0 Å². The van der Waals surface area contributed by atoms with E-state index in [9.17, 15) is 9.90 Å². The van der Waals surface area contributed by atoms with Crippen LogP contribution >= 0.6 is 0 Å². The highest BCUT2D eigenvalue weighted by molar-refractivity contribution is 5.98. The maximum absolute atomic E-state index is 12.8. The number of benzene rings is 2. The van der Waals surface area contributed by atoms with Crippen LogP contribution in [0.1, 0.15) is 24.0 Å². The molecule has 0 bridgehead atoms. The summed E-state index contributed by atoms with van der Waals surface area (Å²) in [5, 5.41) is 19.5. The quantitative estimate of drug-likeness (QED) is 0.701. The Kier molecular flexibility index (Phi) is 4.54. The normalized spacial score (nSPS) is 16.4. The van der Waals surface area contributed by atoms with E-state index in [1.54, 1.807) is 0 Å². The minimum absolute atomic E-state index is 0.0439. The number of rotatable bonds is 4. The zero-order valence-corrected chi connectivity index (χ0v) is 15.1. The number of hydrogen-bond donors (Lipinski definition) is 2. The molecule has 0 spiro atoms. The number of carbonyl (C=O) groups is 1. The third kappa shape index (κ3) is 3.26. The van der Waals surface area contributed by atoms with Crippen molar-refractivity contribution in [1.82, 2.24) is 9.47 Å². The molecule has 0 aliphatic carbocycles. The molecule has 0 radical (unpaired) electrons. The lowest BCUT2D eigenvalue weighted by atomic mass is 9.84. The summed E-state index contributed by atoms with van der Waals surface area (Å²) < 4.78 is 1.91. The number of likely N-dealkylation sites (tertiary alicyclic amines) is 1. The average Bonchev–Trinajstić information content (AvgIpc) is 3.07. The van der Waals surface area contributed by atoms with Gasteiger partial charge in [-0.15, -0.1) is 0 Å². The molecule has 1 saturated heterocycles. The van der Waals surface area contributed by atoms with Crippen LogP contribution in [0.2, 0.25) is 0 Å². The Morgan fingerprint density at radius 2 is 1.74 bits per heavy atom. The first-order valence-electron chi connectivity index (χ1n) is 9.25. The smallest absolute Gasteiger partial charge is 0.242 e. The first-order chi connectivity index (χ1) is 13.1. The molecular formula is C22H23N3O2. The number of amides is 1. The third-order valence-corrected chi connectivity index (χ3v) is 5.53. The number of nitrogens with one attached hydrogen (secondary N) is 1. The summed E-state index contributed by atoms with van der Waals surface area (Å²) in [7, 11) is 0. The Labute approximate surface area is 158 Å². The first kappa shape index (κ1) is 17.5. The lowest BCUT2D eigenvalue weighted by Gasteiger charge is -2.38. The summed E-state index contributed by atoms with van der Waals surface area (Å²) in [6, 6.07) is 17.5. The summed E-state index contributed by atoms with van der Waals surface area (Å²) in [6.45, 7) is 1.33. The van der Waals surface area contributed by atoms with Crippen molar-refractivity contribution in [3.63, 3.8) is 0 Å². The van der Waals surface area contributed by atoms with Crippen molar-refractivity contribution >= 4 is 23.0 Å². The fourth-order valence-electron chi connectivity index (χ4n) is 3.93. The van der Waals surface area contributed by atoms with Crippen LogP contribution in [-0.4, -0.2) is 39.8 Å². The molecule has 5 nitrogen and oxygen atoms in total. The minimum atomic E-state index is -0.856. The fraction of sp³-hybridized carbons (Fsp3) is 0.273. The van der Waals surface area contributed by atoms with Crippen LogP contribution < -0.4 is 0 Å². The van der Waals surface area contributed by atoms with Gasteiger partial charge in [0.2, 0.25) is 5.91 Å². The predicted molar refractivity (Wildman–Crippen MR) is 106 cm³/mol. The van der Waals surface area contributed by atoms with Gasteiger partial charge >= 0.3 is 0 Å². The number of carbonyl (C=O) groups excluding carboxylic acids is 1. The maximum atomic E-state index is 12.8. The van der Waals surface area contributed by atoms with E-state index < -0.39 is 5.60 Å². The molecule has 1 aliphatic heterocycles. The van der Waals surface area contributed by atoms with E-state index in [2.05, 4.69) is 0 Å². The standard InChI is InChI=1S/C22H23N3O2/c23-14-17-15-25(20-9-5-4-8-19(17)20)16-21(26)24-12-10-22(27,11-13-24)18-6-2-1-3-7-18/h1-9,14-15,23,27H,10-13,16H2. The van der Waals surface area contributed by atoms with Crippen LogP contribution in [0.5, 0.6) is 0 Å². The predicted octanol–water partition coefficient (Wildman–Crippen LogP) is 3.15. The highest BCUT2D eigenvalue weighted by Gasteiger charge is 2.35. The topological polar surface area (TPSA) is 69.3 Å². The third-order valence-electron chi connectivity index (χ3n) is 5.53. The molecule has 1 aliphatic rings.